The summed E-state index contributed by atoms with van der Waals surface area (Å²) in [5.41, 5.74) is 6.72. The first-order valence-corrected chi connectivity index (χ1v) is 14.3. The van der Waals surface area contributed by atoms with Crippen molar-refractivity contribution in [1.29, 1.82) is 0 Å². The Bertz CT molecular complexity index is 1380. The van der Waals surface area contributed by atoms with E-state index in [0.29, 0.717) is 18.1 Å². The molecule has 1 amide bonds. The minimum Gasteiger partial charge on any atom is -0.439 e. The van der Waals surface area contributed by atoms with Gasteiger partial charge in [0, 0.05) is 30.8 Å². The van der Waals surface area contributed by atoms with Crippen LogP contribution in [0.2, 0.25) is 0 Å². The molecule has 2 heterocycles. The van der Waals surface area contributed by atoms with E-state index in [0.717, 1.165) is 18.4 Å². The maximum absolute atomic E-state index is 12.8. The Hall–Kier alpha value is -4.32. The first kappa shape index (κ1) is 30.9. The Kier molecular flexibility index (Phi) is 12.0. The summed E-state index contributed by atoms with van der Waals surface area (Å²) in [6, 6.07) is 13.1. The number of sulfone groups is 1. The predicted octanol–water partition coefficient (Wildman–Crippen LogP) is 4.10. The number of nitrogens with one attached hydrogen (secondary N) is 2. The molecule has 0 spiro atoms. The summed E-state index contributed by atoms with van der Waals surface area (Å²) in [6.45, 7) is 8.45. The Labute approximate surface area is 229 Å². The Morgan fingerprint density at radius 1 is 1.15 bits per heavy atom. The summed E-state index contributed by atoms with van der Waals surface area (Å²) in [5.74, 6) is -0.217. The van der Waals surface area contributed by atoms with E-state index in [9.17, 15) is 13.2 Å². The molecular weight excluding hydrogens is 518 g/mol. The van der Waals surface area contributed by atoms with Crippen molar-refractivity contribution in [3.05, 3.63) is 78.5 Å². The predicted molar refractivity (Wildman–Crippen MR) is 153 cm³/mol. The molecule has 0 aliphatic rings. The minimum absolute atomic E-state index is 0.0405. The van der Waals surface area contributed by atoms with Crippen molar-refractivity contribution < 1.29 is 17.9 Å². The van der Waals surface area contributed by atoms with E-state index in [1.165, 1.54) is 30.3 Å². The van der Waals surface area contributed by atoms with E-state index in [2.05, 4.69) is 30.6 Å². The van der Waals surface area contributed by atoms with Gasteiger partial charge in [-0.2, -0.15) is 9.98 Å². The van der Waals surface area contributed by atoms with Gasteiger partial charge in [-0.05, 0) is 55.8 Å². The lowest BCUT2D eigenvalue weighted by atomic mass is 10.2. The quantitative estimate of drug-likeness (QED) is 0.233. The molecule has 3 rings (SSSR count). The van der Waals surface area contributed by atoms with Crippen molar-refractivity contribution in [2.75, 3.05) is 11.6 Å². The van der Waals surface area contributed by atoms with Crippen molar-refractivity contribution in [3.8, 4) is 11.6 Å². The molecule has 2 aromatic heterocycles. The molecule has 39 heavy (non-hydrogen) atoms. The Morgan fingerprint density at radius 2 is 1.87 bits per heavy atom. The number of amidine groups is 1. The van der Waals surface area contributed by atoms with Crippen LogP contribution in [0, 0.1) is 0 Å². The van der Waals surface area contributed by atoms with Crippen LogP contribution >= 0.6 is 0 Å². The maximum Gasteiger partial charge on any atom is 0.316 e. The summed E-state index contributed by atoms with van der Waals surface area (Å²) < 4.78 is 29.2. The number of carbonyl (C=O) groups excluding carboxylic acids is 1. The molecule has 208 valence electrons. The third kappa shape index (κ3) is 10.5. The number of rotatable bonds is 11. The highest BCUT2D eigenvalue weighted by Crippen LogP contribution is 2.24. The van der Waals surface area contributed by atoms with E-state index in [-0.39, 0.29) is 28.5 Å². The first-order chi connectivity index (χ1) is 18.6. The van der Waals surface area contributed by atoms with Crippen LogP contribution in [0.25, 0.3) is 0 Å². The van der Waals surface area contributed by atoms with Crippen LogP contribution in [-0.4, -0.2) is 47.4 Å². The molecule has 11 nitrogen and oxygen atoms in total. The van der Waals surface area contributed by atoms with Gasteiger partial charge in [-0.1, -0.05) is 26.8 Å². The largest absolute Gasteiger partial charge is 0.439 e. The maximum atomic E-state index is 12.8. The number of aromatic nitrogens is 3. The SMILES string of the molecule is CC.CCC(C)Nc1cc(Oc2ccc(S(C)(=O)=O)cc2)nc(C(=O)N=C(N)/C=C\NCc2ccccn2)n1. The van der Waals surface area contributed by atoms with Crippen molar-refractivity contribution in [3.63, 3.8) is 0 Å². The van der Waals surface area contributed by atoms with Crippen LogP contribution in [0.3, 0.4) is 0 Å². The van der Waals surface area contributed by atoms with E-state index >= 15 is 0 Å². The molecule has 0 radical (unpaired) electrons. The fourth-order valence-corrected chi connectivity index (χ4v) is 3.52. The van der Waals surface area contributed by atoms with Crippen molar-refractivity contribution in [2.45, 2.75) is 51.6 Å². The van der Waals surface area contributed by atoms with E-state index < -0.39 is 15.7 Å². The van der Waals surface area contributed by atoms with Crippen molar-refractivity contribution >= 4 is 27.4 Å². The summed E-state index contributed by atoms with van der Waals surface area (Å²) in [7, 11) is -3.34. The van der Waals surface area contributed by atoms with Gasteiger partial charge in [0.1, 0.15) is 17.4 Å². The molecule has 0 bridgehead atoms. The molecular formula is C27H35N7O4S. The molecule has 1 atom stereocenters. The topological polar surface area (TPSA) is 162 Å². The average molecular weight is 554 g/mol. The van der Waals surface area contributed by atoms with E-state index in [1.54, 1.807) is 18.5 Å². The third-order valence-electron chi connectivity index (χ3n) is 4.99. The second-order valence-electron chi connectivity index (χ2n) is 8.09. The highest BCUT2D eigenvalue weighted by molar-refractivity contribution is 7.90. The number of hydrogen-bond acceptors (Lipinski definition) is 9. The second kappa shape index (κ2) is 15.2. The van der Waals surface area contributed by atoms with Crippen LogP contribution in [0.4, 0.5) is 5.82 Å². The highest BCUT2D eigenvalue weighted by atomic mass is 32.2. The molecule has 4 N–H and O–H groups in total. The van der Waals surface area contributed by atoms with Gasteiger partial charge in [0.15, 0.2) is 9.84 Å². The Morgan fingerprint density at radius 3 is 2.49 bits per heavy atom. The fourth-order valence-electron chi connectivity index (χ4n) is 2.89. The number of anilines is 1. The first-order valence-electron chi connectivity index (χ1n) is 12.5. The number of nitrogens with zero attached hydrogens (tertiary/aromatic N) is 4. The number of amides is 1. The van der Waals surface area contributed by atoms with Gasteiger partial charge in [-0.25, -0.2) is 13.4 Å². The number of pyridine rings is 1. The summed E-state index contributed by atoms with van der Waals surface area (Å²) >= 11 is 0. The van der Waals surface area contributed by atoms with Crippen LogP contribution < -0.4 is 21.1 Å². The summed E-state index contributed by atoms with van der Waals surface area (Å²) in [5, 5.41) is 6.20. The number of benzene rings is 1. The molecule has 1 unspecified atom stereocenters. The molecule has 0 fully saturated rings. The van der Waals surface area contributed by atoms with Gasteiger partial charge < -0.3 is 21.1 Å². The number of carbonyl (C=O) groups is 1. The van der Waals surface area contributed by atoms with Gasteiger partial charge in [-0.3, -0.25) is 9.78 Å². The third-order valence-corrected chi connectivity index (χ3v) is 6.12. The van der Waals surface area contributed by atoms with Crippen LogP contribution in [0.1, 0.15) is 50.4 Å². The van der Waals surface area contributed by atoms with E-state index in [1.807, 2.05) is 45.9 Å². The number of nitrogens with two attached hydrogens (primary N) is 1. The van der Waals surface area contributed by atoms with Crippen molar-refractivity contribution in [1.82, 2.24) is 20.3 Å². The Balaban J connectivity index is 0.00000260. The van der Waals surface area contributed by atoms with Crippen LogP contribution in [0.5, 0.6) is 11.6 Å². The minimum atomic E-state index is -3.34. The number of aliphatic imine (C=N–C) groups is 1. The monoisotopic (exact) mass is 553 g/mol. The van der Waals surface area contributed by atoms with Crippen LogP contribution in [0.15, 0.2) is 76.9 Å². The van der Waals surface area contributed by atoms with Gasteiger partial charge in [0.05, 0.1) is 17.1 Å². The normalized spacial score (nSPS) is 12.3. The van der Waals surface area contributed by atoms with Crippen molar-refractivity contribution in [2.24, 2.45) is 10.7 Å². The summed E-state index contributed by atoms with van der Waals surface area (Å²) in [6.07, 6.45) is 6.65. The molecule has 0 saturated heterocycles. The lowest BCUT2D eigenvalue weighted by Gasteiger charge is -2.14. The molecule has 1 aromatic carbocycles. The standard InChI is InChI=1S/C25H29N7O4S.C2H6/c1-4-17(2)29-22-15-23(36-19-8-10-20(11-9-19)37(3,34)35)32-24(31-22)25(33)30-21(26)12-14-27-16-18-7-5-6-13-28-18;1-2/h5-15,17,27H,4,16H2,1-3H3,(H2,26,30,33)(H,29,31,32);1-2H3/b14-12-;. The zero-order chi connectivity index (χ0) is 28.8. The molecule has 0 aliphatic heterocycles. The smallest absolute Gasteiger partial charge is 0.316 e. The molecule has 12 heteroatoms. The fraction of sp³-hybridized carbons (Fsp3) is 0.296. The zero-order valence-corrected chi connectivity index (χ0v) is 23.6. The van der Waals surface area contributed by atoms with Gasteiger partial charge in [0.2, 0.25) is 11.7 Å². The highest BCUT2D eigenvalue weighted by Gasteiger charge is 2.15. The van der Waals surface area contributed by atoms with Crippen LogP contribution in [-0.2, 0) is 16.4 Å². The second-order valence-corrected chi connectivity index (χ2v) is 10.1. The molecule has 0 saturated carbocycles. The average Bonchev–Trinajstić information content (AvgIpc) is 2.92. The van der Waals surface area contributed by atoms with Gasteiger partial charge >= 0.3 is 5.91 Å². The van der Waals surface area contributed by atoms with Gasteiger partial charge in [0.25, 0.3) is 0 Å². The lowest BCUT2D eigenvalue weighted by molar-refractivity contribution is 0.0992. The number of ether oxygens (including phenoxy) is 1. The molecule has 3 aromatic rings. The summed E-state index contributed by atoms with van der Waals surface area (Å²) in [4.78, 5) is 29.4. The molecule has 0 aliphatic carbocycles. The zero-order valence-electron chi connectivity index (χ0n) is 22.7. The van der Waals surface area contributed by atoms with Gasteiger partial charge in [-0.15, -0.1) is 0 Å². The number of hydrogen-bond donors (Lipinski definition) is 3. The van der Waals surface area contributed by atoms with E-state index in [4.69, 9.17) is 10.5 Å². The lowest BCUT2D eigenvalue weighted by Crippen LogP contribution is -2.18.